The summed E-state index contributed by atoms with van der Waals surface area (Å²) in [6.07, 6.45) is 1.80. The third-order valence-electron chi connectivity index (χ3n) is 4.10. The summed E-state index contributed by atoms with van der Waals surface area (Å²) >= 11 is 3.57. The SMILES string of the molecule is CCOc1cc(C=Nc2ccccc2C)cc(Br)c1OCc1ccc(F)cc1. The lowest BCUT2D eigenvalue weighted by Crippen LogP contribution is -2.01. The van der Waals surface area contributed by atoms with Crippen molar-refractivity contribution < 1.29 is 13.9 Å². The number of ether oxygens (including phenoxy) is 2. The van der Waals surface area contributed by atoms with Crippen molar-refractivity contribution in [3.05, 3.63) is 87.6 Å². The van der Waals surface area contributed by atoms with Gasteiger partial charge in [0, 0.05) is 6.21 Å². The van der Waals surface area contributed by atoms with Crippen LogP contribution in [0.4, 0.5) is 10.1 Å². The summed E-state index contributed by atoms with van der Waals surface area (Å²) in [5.41, 5.74) is 3.81. The van der Waals surface area contributed by atoms with E-state index in [1.807, 2.05) is 50.2 Å². The summed E-state index contributed by atoms with van der Waals surface area (Å²) in [6, 6.07) is 18.0. The first-order chi connectivity index (χ1) is 13.6. The number of hydrogen-bond donors (Lipinski definition) is 0. The van der Waals surface area contributed by atoms with Crippen LogP contribution in [0.3, 0.4) is 0 Å². The molecule has 3 rings (SSSR count). The van der Waals surface area contributed by atoms with Gasteiger partial charge in [0.1, 0.15) is 12.4 Å². The number of aliphatic imine (C=N–C) groups is 1. The highest BCUT2D eigenvalue weighted by Crippen LogP contribution is 2.37. The fraction of sp³-hybridized carbons (Fsp3) is 0.174. The maximum Gasteiger partial charge on any atom is 0.175 e. The fourth-order valence-corrected chi connectivity index (χ4v) is 3.23. The predicted molar refractivity (Wildman–Crippen MR) is 114 cm³/mol. The van der Waals surface area contributed by atoms with E-state index >= 15 is 0 Å². The quantitative estimate of drug-likeness (QED) is 0.385. The molecule has 0 N–H and O–H groups in total. The van der Waals surface area contributed by atoms with E-state index in [4.69, 9.17) is 9.47 Å². The molecule has 0 radical (unpaired) electrons. The first-order valence-corrected chi connectivity index (χ1v) is 9.79. The molecule has 0 bridgehead atoms. The Labute approximate surface area is 173 Å². The summed E-state index contributed by atoms with van der Waals surface area (Å²) < 4.78 is 25.5. The predicted octanol–water partition coefficient (Wildman–Crippen LogP) is 6.62. The summed E-state index contributed by atoms with van der Waals surface area (Å²) in [7, 11) is 0. The van der Waals surface area contributed by atoms with E-state index in [1.54, 1.807) is 18.3 Å². The van der Waals surface area contributed by atoms with Crippen molar-refractivity contribution in [2.75, 3.05) is 6.61 Å². The molecule has 3 aromatic carbocycles. The van der Waals surface area contributed by atoms with Crippen LogP contribution in [0.25, 0.3) is 0 Å². The third-order valence-corrected chi connectivity index (χ3v) is 4.69. The number of nitrogens with zero attached hydrogens (tertiary/aromatic N) is 1. The Morgan fingerprint density at radius 2 is 1.79 bits per heavy atom. The van der Waals surface area contributed by atoms with Gasteiger partial charge in [-0.2, -0.15) is 0 Å². The standard InChI is InChI=1S/C23H21BrFNO2/c1-3-27-22-13-18(14-26-21-7-5-4-6-16(21)2)12-20(24)23(22)28-15-17-8-10-19(25)11-9-17/h4-14H,3,15H2,1-2H3. The van der Waals surface area contributed by atoms with Gasteiger partial charge in [-0.3, -0.25) is 4.99 Å². The second-order valence-corrected chi connectivity index (χ2v) is 7.08. The number of hydrogen-bond acceptors (Lipinski definition) is 3. The molecule has 5 heteroatoms. The number of halogens is 2. The molecule has 0 saturated carbocycles. The molecule has 0 aliphatic heterocycles. The number of benzene rings is 3. The minimum Gasteiger partial charge on any atom is -0.490 e. The van der Waals surface area contributed by atoms with Crippen LogP contribution >= 0.6 is 15.9 Å². The Morgan fingerprint density at radius 1 is 1.04 bits per heavy atom. The zero-order valence-electron chi connectivity index (χ0n) is 15.8. The average molecular weight is 442 g/mol. The van der Waals surface area contributed by atoms with Crippen molar-refractivity contribution in [1.82, 2.24) is 0 Å². The monoisotopic (exact) mass is 441 g/mol. The summed E-state index contributed by atoms with van der Waals surface area (Å²) in [5, 5.41) is 0. The minimum atomic E-state index is -0.266. The molecule has 0 fully saturated rings. The molecular weight excluding hydrogens is 421 g/mol. The van der Waals surface area contributed by atoms with E-state index in [2.05, 4.69) is 20.9 Å². The lowest BCUT2D eigenvalue weighted by molar-refractivity contribution is 0.267. The topological polar surface area (TPSA) is 30.8 Å². The maximum atomic E-state index is 13.1. The van der Waals surface area contributed by atoms with Gasteiger partial charge in [0.05, 0.1) is 16.8 Å². The Kier molecular flexibility index (Phi) is 6.82. The van der Waals surface area contributed by atoms with Gasteiger partial charge in [0.2, 0.25) is 0 Å². The highest BCUT2D eigenvalue weighted by molar-refractivity contribution is 9.10. The van der Waals surface area contributed by atoms with Gasteiger partial charge in [-0.1, -0.05) is 30.3 Å². The molecule has 28 heavy (non-hydrogen) atoms. The Balaban J connectivity index is 1.83. The van der Waals surface area contributed by atoms with Crippen LogP contribution in [0.1, 0.15) is 23.6 Å². The zero-order chi connectivity index (χ0) is 19.9. The van der Waals surface area contributed by atoms with Crippen molar-refractivity contribution >= 4 is 27.8 Å². The molecule has 0 saturated heterocycles. The Hall–Kier alpha value is -2.66. The van der Waals surface area contributed by atoms with Gasteiger partial charge in [-0.15, -0.1) is 0 Å². The van der Waals surface area contributed by atoms with Gasteiger partial charge >= 0.3 is 0 Å². The van der Waals surface area contributed by atoms with Gasteiger partial charge in [0.25, 0.3) is 0 Å². The summed E-state index contributed by atoms with van der Waals surface area (Å²) in [5.74, 6) is 0.974. The lowest BCUT2D eigenvalue weighted by atomic mass is 10.2. The molecule has 0 aliphatic carbocycles. The molecule has 0 aromatic heterocycles. The molecule has 0 amide bonds. The first-order valence-electron chi connectivity index (χ1n) is 9.00. The van der Waals surface area contributed by atoms with Crippen molar-refractivity contribution in [3.8, 4) is 11.5 Å². The molecule has 3 aromatic rings. The van der Waals surface area contributed by atoms with E-state index in [0.29, 0.717) is 24.7 Å². The van der Waals surface area contributed by atoms with Crippen molar-refractivity contribution in [2.24, 2.45) is 4.99 Å². The van der Waals surface area contributed by atoms with Crippen LogP contribution in [0.5, 0.6) is 11.5 Å². The van der Waals surface area contributed by atoms with Crippen LogP contribution in [-0.2, 0) is 6.61 Å². The second kappa shape index (κ2) is 9.51. The molecule has 0 atom stereocenters. The molecule has 0 heterocycles. The third kappa shape index (κ3) is 5.20. The van der Waals surface area contributed by atoms with E-state index in [0.717, 1.165) is 26.9 Å². The van der Waals surface area contributed by atoms with Gasteiger partial charge in [0.15, 0.2) is 11.5 Å². The van der Waals surface area contributed by atoms with E-state index in [-0.39, 0.29) is 5.82 Å². The molecule has 0 spiro atoms. The normalized spacial score (nSPS) is 11.0. The van der Waals surface area contributed by atoms with Crippen molar-refractivity contribution in [1.29, 1.82) is 0 Å². The van der Waals surface area contributed by atoms with Gasteiger partial charge in [-0.05, 0) is 76.8 Å². The second-order valence-electron chi connectivity index (χ2n) is 6.22. The highest BCUT2D eigenvalue weighted by Gasteiger charge is 2.12. The number of para-hydroxylation sites is 1. The minimum absolute atomic E-state index is 0.266. The van der Waals surface area contributed by atoms with E-state index < -0.39 is 0 Å². The molecule has 0 unspecified atom stereocenters. The van der Waals surface area contributed by atoms with E-state index in [1.165, 1.54) is 12.1 Å². The first kappa shape index (κ1) is 20.1. The van der Waals surface area contributed by atoms with Crippen LogP contribution in [0.2, 0.25) is 0 Å². The van der Waals surface area contributed by atoms with Crippen molar-refractivity contribution in [3.63, 3.8) is 0 Å². The Bertz CT molecular complexity index is 971. The van der Waals surface area contributed by atoms with Crippen LogP contribution in [-0.4, -0.2) is 12.8 Å². The molecular formula is C23H21BrFNO2. The largest absolute Gasteiger partial charge is 0.490 e. The molecule has 0 aliphatic rings. The van der Waals surface area contributed by atoms with E-state index in [9.17, 15) is 4.39 Å². The maximum absolute atomic E-state index is 13.1. The van der Waals surface area contributed by atoms with Crippen LogP contribution in [0, 0.1) is 12.7 Å². The molecule has 144 valence electrons. The molecule has 3 nitrogen and oxygen atoms in total. The average Bonchev–Trinajstić information content (AvgIpc) is 2.68. The number of aryl methyl sites for hydroxylation is 1. The van der Waals surface area contributed by atoms with Gasteiger partial charge < -0.3 is 9.47 Å². The Morgan fingerprint density at radius 3 is 2.50 bits per heavy atom. The number of rotatable bonds is 7. The smallest absolute Gasteiger partial charge is 0.175 e. The van der Waals surface area contributed by atoms with Crippen LogP contribution < -0.4 is 9.47 Å². The zero-order valence-corrected chi connectivity index (χ0v) is 17.4. The van der Waals surface area contributed by atoms with Gasteiger partial charge in [-0.25, -0.2) is 4.39 Å². The summed E-state index contributed by atoms with van der Waals surface area (Å²) in [6.45, 7) is 4.78. The fourth-order valence-electron chi connectivity index (χ4n) is 2.65. The highest BCUT2D eigenvalue weighted by atomic mass is 79.9. The lowest BCUT2D eigenvalue weighted by Gasteiger charge is -2.14. The summed E-state index contributed by atoms with van der Waals surface area (Å²) in [4.78, 5) is 4.57. The van der Waals surface area contributed by atoms with Crippen LogP contribution in [0.15, 0.2) is 70.1 Å². The van der Waals surface area contributed by atoms with Crippen molar-refractivity contribution in [2.45, 2.75) is 20.5 Å².